The van der Waals surface area contributed by atoms with Crippen molar-refractivity contribution in [1.82, 2.24) is 0 Å². The molecule has 131 heavy (non-hydrogen) atoms. The maximum Gasteiger partial charge on any atom is 0.223 e. The van der Waals surface area contributed by atoms with Crippen molar-refractivity contribution in [2.45, 2.75) is 245 Å². The first-order valence-corrected chi connectivity index (χ1v) is 48.9. The zero-order chi connectivity index (χ0) is 93.5. The molecule has 0 saturated heterocycles. The Morgan fingerprint density at radius 2 is 0.588 bits per heavy atom. The maximum absolute atomic E-state index is 15.1. The number of fused-ring (bicyclic) bond motifs is 8. The molecule has 0 fully saturated rings. The van der Waals surface area contributed by atoms with Gasteiger partial charge in [0, 0.05) is 41.3 Å². The quantitative estimate of drug-likeness (QED) is 0.0700. The van der Waals surface area contributed by atoms with Gasteiger partial charge in [-0.05, 0) is 369 Å². The highest BCUT2D eigenvalue weighted by molar-refractivity contribution is 6.00. The minimum Gasteiger partial charge on any atom is -0.464 e. The van der Waals surface area contributed by atoms with E-state index in [1.807, 2.05) is 70.6 Å². The number of benzene rings is 11. The van der Waals surface area contributed by atoms with Crippen molar-refractivity contribution in [2.24, 2.45) is 35.2 Å². The van der Waals surface area contributed by atoms with E-state index in [1.54, 1.807) is 17.4 Å². The molecule has 6 nitrogen and oxygen atoms in total. The Kier molecular flexibility index (Phi) is 30.3. The molecule has 18 rings (SSSR count). The Morgan fingerprint density at radius 3 is 0.977 bits per heavy atom. The van der Waals surface area contributed by atoms with Crippen LogP contribution in [0.5, 0.6) is 0 Å². The standard InChI is InChI=1S/C26H28N.C25H30N.2C24H29FN.C24H26NO/c1-5-19(6-2)22-11-12-24-23(16-22)13-14-27(4)26(24)25-17-21-10-8-7-9-20(21)15-18(25)3;1-5-18(6-2)21-10-11-23-22(15-21)12-13-26(4)25(23)24-16-20-9-7-8-19(20)14-17(24)3;1-7-18(8-2)19-9-10-21-20(14-19)11-12-26(6)24(21)22-13-15(3)23(25)17(5)16(22)4;1-7-18(8-2)19-9-10-21-20(14-19)11-12-26(6)24(21)22-17(5)15(3)13-16(4)23(22)25;1-5-17(6-2)18-7-8-21-19(14-18)9-11-25(4)24(21)22-15-23-20(10-12-26-23)13-16(22)3/h7-17,19H,5-6H2,1-4H3;10-16,18H,5-9H2,1-4H3;2*9-14,18H,7-8H2,1-6H3;7-15,17H,5-6H2,1-4H3/q5*+1. The topological polar surface area (TPSA) is 32.5 Å². The summed E-state index contributed by atoms with van der Waals surface area (Å²) in [5.74, 6) is 2.93. The number of aromatic nitrogens is 5. The van der Waals surface area contributed by atoms with E-state index in [-0.39, 0.29) is 11.6 Å². The molecular weight excluding hydrogens is 1600 g/mol. The predicted octanol–water partition coefficient (Wildman–Crippen LogP) is 31.6. The first-order chi connectivity index (χ1) is 63.1. The Labute approximate surface area is 780 Å². The molecule has 6 aromatic heterocycles. The predicted molar refractivity (Wildman–Crippen MR) is 551 cm³/mol. The van der Waals surface area contributed by atoms with Gasteiger partial charge in [-0.1, -0.05) is 172 Å². The van der Waals surface area contributed by atoms with Crippen LogP contribution in [0.1, 0.15) is 258 Å². The number of rotatable bonds is 20. The van der Waals surface area contributed by atoms with Gasteiger partial charge in [0.05, 0.1) is 55.4 Å². The summed E-state index contributed by atoms with van der Waals surface area (Å²) in [6.45, 7) is 41.0. The van der Waals surface area contributed by atoms with Gasteiger partial charge in [-0.25, -0.2) is 31.6 Å². The lowest BCUT2D eigenvalue weighted by atomic mass is 9.90. The van der Waals surface area contributed by atoms with Crippen molar-refractivity contribution < 1.29 is 36.0 Å². The Morgan fingerprint density at radius 1 is 0.267 bits per heavy atom. The summed E-state index contributed by atoms with van der Waals surface area (Å²) < 4.78 is 46.1. The third-order valence-electron chi connectivity index (χ3n) is 29.6. The van der Waals surface area contributed by atoms with Gasteiger partial charge in [-0.2, -0.15) is 0 Å². The van der Waals surface area contributed by atoms with Crippen molar-refractivity contribution >= 4 is 75.6 Å². The number of aryl methyl sites for hydroxylation is 13. The third-order valence-corrected chi connectivity index (χ3v) is 29.6. The van der Waals surface area contributed by atoms with Gasteiger partial charge < -0.3 is 4.42 Å². The van der Waals surface area contributed by atoms with Gasteiger partial charge in [-0.3, -0.25) is 0 Å². The van der Waals surface area contributed by atoms with Crippen molar-refractivity contribution in [2.75, 3.05) is 0 Å². The van der Waals surface area contributed by atoms with Crippen LogP contribution in [0.25, 0.3) is 132 Å². The van der Waals surface area contributed by atoms with E-state index in [2.05, 4.69) is 350 Å². The fourth-order valence-corrected chi connectivity index (χ4v) is 21.3. The number of pyridine rings is 5. The van der Waals surface area contributed by atoms with Crippen LogP contribution in [0.15, 0.2) is 242 Å². The summed E-state index contributed by atoms with van der Waals surface area (Å²) in [5.41, 5.74) is 32.3. The molecule has 17 aromatic rings. The van der Waals surface area contributed by atoms with Gasteiger partial charge in [-0.15, -0.1) is 0 Å². The van der Waals surface area contributed by atoms with E-state index < -0.39 is 0 Å². The molecule has 1 aliphatic carbocycles. The molecule has 6 heterocycles. The lowest BCUT2D eigenvalue weighted by Crippen LogP contribution is -2.31. The third kappa shape index (κ3) is 19.6. The number of hydrogen-bond donors (Lipinski definition) is 0. The van der Waals surface area contributed by atoms with Crippen molar-refractivity contribution in [1.29, 1.82) is 0 Å². The van der Waals surface area contributed by atoms with Crippen LogP contribution in [-0.4, -0.2) is 0 Å². The van der Waals surface area contributed by atoms with E-state index in [4.69, 9.17) is 4.42 Å². The lowest BCUT2D eigenvalue weighted by molar-refractivity contribution is -0.659. The van der Waals surface area contributed by atoms with Crippen LogP contribution in [0.4, 0.5) is 8.78 Å². The maximum atomic E-state index is 15.1. The molecule has 11 aromatic carbocycles. The number of furan rings is 1. The second kappa shape index (κ2) is 41.7. The van der Waals surface area contributed by atoms with Crippen LogP contribution in [0.2, 0.25) is 0 Å². The fourth-order valence-electron chi connectivity index (χ4n) is 21.3. The molecule has 0 atom stereocenters. The zero-order valence-electron chi connectivity index (χ0n) is 83.0. The van der Waals surface area contributed by atoms with Crippen LogP contribution < -0.4 is 22.8 Å². The smallest absolute Gasteiger partial charge is 0.223 e. The van der Waals surface area contributed by atoms with E-state index >= 15 is 4.39 Å². The van der Waals surface area contributed by atoms with E-state index in [1.165, 1.54) is 195 Å². The second-order valence-corrected chi connectivity index (χ2v) is 37.7. The summed E-state index contributed by atoms with van der Waals surface area (Å²) in [4.78, 5) is 0. The first-order valence-electron chi connectivity index (χ1n) is 48.9. The Balaban J connectivity index is 0.000000132. The largest absolute Gasteiger partial charge is 0.464 e. The molecule has 0 aliphatic heterocycles. The summed E-state index contributed by atoms with van der Waals surface area (Å²) >= 11 is 0. The molecular formula is C123H142F2N5O+5. The van der Waals surface area contributed by atoms with Crippen molar-refractivity contribution in [3.63, 3.8) is 0 Å². The first kappa shape index (κ1) is 95.2. The molecule has 0 bridgehead atoms. The minimum atomic E-state index is -0.111. The fraction of sp³-hybridized carbons (Fsp3) is 0.341. The molecule has 0 N–H and O–H groups in total. The van der Waals surface area contributed by atoms with Gasteiger partial charge in [0.1, 0.15) is 52.5 Å². The summed E-state index contributed by atoms with van der Waals surface area (Å²) in [6.07, 6.45) is 28.1. The summed E-state index contributed by atoms with van der Waals surface area (Å²) in [5, 5.41) is 16.5. The van der Waals surface area contributed by atoms with Gasteiger partial charge in [0.2, 0.25) is 28.5 Å². The molecule has 0 radical (unpaired) electrons. The monoisotopic (exact) mass is 1740 g/mol. The zero-order valence-corrected chi connectivity index (χ0v) is 83.0. The Bertz CT molecular complexity index is 7040. The molecule has 8 heteroatoms. The van der Waals surface area contributed by atoms with Crippen molar-refractivity contribution in [3.05, 3.63) is 338 Å². The van der Waals surface area contributed by atoms with Crippen LogP contribution in [0, 0.1) is 73.9 Å². The molecule has 674 valence electrons. The van der Waals surface area contributed by atoms with E-state index in [9.17, 15) is 4.39 Å². The summed E-state index contributed by atoms with van der Waals surface area (Å²) in [6, 6.07) is 74.2. The number of halogens is 2. The average molecular weight is 1740 g/mol. The number of nitrogens with zero attached hydrogens (tertiary/aromatic N) is 5. The van der Waals surface area contributed by atoms with Gasteiger partial charge >= 0.3 is 0 Å². The van der Waals surface area contributed by atoms with E-state index in [0.29, 0.717) is 40.7 Å². The molecule has 0 amide bonds. The van der Waals surface area contributed by atoms with Crippen LogP contribution in [0.3, 0.4) is 0 Å². The minimum absolute atomic E-state index is 0.0924. The molecule has 1 aliphatic rings. The highest BCUT2D eigenvalue weighted by Gasteiger charge is 2.29. The van der Waals surface area contributed by atoms with Gasteiger partial charge in [0.15, 0.2) is 31.0 Å². The summed E-state index contributed by atoms with van der Waals surface area (Å²) in [7, 11) is 10.5. The van der Waals surface area contributed by atoms with Crippen LogP contribution >= 0.6 is 0 Å². The van der Waals surface area contributed by atoms with Gasteiger partial charge in [0.25, 0.3) is 0 Å². The lowest BCUT2D eigenvalue weighted by Gasteiger charge is -2.16. The molecule has 0 saturated carbocycles. The Hall–Kier alpha value is -11.9. The highest BCUT2D eigenvalue weighted by Crippen LogP contribution is 2.42. The molecule has 0 spiro atoms. The van der Waals surface area contributed by atoms with Crippen LogP contribution in [-0.2, 0) is 48.1 Å². The average Bonchev–Trinajstić information content (AvgIpc) is 1.24. The molecule has 0 unspecified atom stereocenters. The normalized spacial score (nSPS) is 12.0. The second-order valence-electron chi connectivity index (χ2n) is 37.7. The highest BCUT2D eigenvalue weighted by atomic mass is 19.1. The van der Waals surface area contributed by atoms with Crippen molar-refractivity contribution in [3.8, 4) is 56.3 Å². The van der Waals surface area contributed by atoms with E-state index in [0.717, 1.165) is 86.8 Å². The number of hydrogen-bond acceptors (Lipinski definition) is 1. The SMILES string of the molecule is CCC(CC)c1ccc2c(-c3c(C)c(C)cc(C)c3F)[n+](C)ccc2c1.CCC(CC)c1ccc2c(-c3cc(C)c(F)c(C)c3C)[n+](C)ccc2c1.CCC(CC)c1ccc2c(-c3cc4c(cc3C)CCC4)[n+](C)ccc2c1.CCC(CC)c1ccc2c(-c3cc4ccccc4cc3C)[n+](C)ccc2c1.CCC(CC)c1ccc2c(-c3cc4occc4cc3C)[n+](C)ccc2c1.